The third-order valence-electron chi connectivity index (χ3n) is 5.07. The maximum atomic E-state index is 13.1. The Bertz CT molecular complexity index is 1300. The number of benzene rings is 1. The number of pyridine rings is 1. The zero-order valence-corrected chi connectivity index (χ0v) is 19.2. The highest BCUT2D eigenvalue weighted by molar-refractivity contribution is 6.33. The first-order valence-corrected chi connectivity index (χ1v) is 10.7. The Hall–Kier alpha value is -3.86. The lowest BCUT2D eigenvalue weighted by atomic mass is 10.1. The van der Waals surface area contributed by atoms with E-state index in [2.05, 4.69) is 10.4 Å². The molecule has 1 aromatic carbocycles. The summed E-state index contributed by atoms with van der Waals surface area (Å²) in [4.78, 5) is 52.3. The molecule has 0 saturated heterocycles. The molecule has 0 saturated carbocycles. The summed E-state index contributed by atoms with van der Waals surface area (Å²) in [6.45, 7) is 0.940. The van der Waals surface area contributed by atoms with Gasteiger partial charge in [-0.2, -0.15) is 0 Å². The van der Waals surface area contributed by atoms with Gasteiger partial charge in [-0.3, -0.25) is 24.6 Å². The quantitative estimate of drug-likeness (QED) is 0.263. The monoisotopic (exact) mass is 491 g/mol. The lowest BCUT2D eigenvalue weighted by Crippen LogP contribution is -2.51. The molecule has 180 valence electrons. The molecule has 4 N–H and O–H groups in total. The number of anilines is 1. The average molecular weight is 492 g/mol. The number of hydrazine groups is 1. The van der Waals surface area contributed by atoms with Crippen molar-refractivity contribution in [3.05, 3.63) is 51.9 Å². The summed E-state index contributed by atoms with van der Waals surface area (Å²) in [5.41, 5.74) is 9.43. The van der Waals surface area contributed by atoms with Crippen molar-refractivity contribution in [3.63, 3.8) is 0 Å². The Morgan fingerprint density at radius 1 is 1.29 bits per heavy atom. The number of carbonyl (C=O) groups excluding carboxylic acids is 3. The molecule has 34 heavy (non-hydrogen) atoms. The number of hydrogen-bond donors (Lipinski definition) is 3. The molecule has 0 spiro atoms. The van der Waals surface area contributed by atoms with E-state index in [1.807, 2.05) is 0 Å². The van der Waals surface area contributed by atoms with Gasteiger partial charge in [0.05, 0.1) is 17.3 Å². The molecule has 3 rings (SSSR count). The van der Waals surface area contributed by atoms with Crippen LogP contribution in [0.4, 0.5) is 10.1 Å². The number of fused-ring (bicyclic) bond motifs is 1. The van der Waals surface area contributed by atoms with Crippen molar-refractivity contribution >= 4 is 46.0 Å². The van der Waals surface area contributed by atoms with E-state index in [0.717, 1.165) is 4.57 Å². The highest BCUT2D eigenvalue weighted by Gasteiger charge is 2.24. The fourth-order valence-corrected chi connectivity index (χ4v) is 3.42. The summed E-state index contributed by atoms with van der Waals surface area (Å²) in [6.07, 6.45) is 1.43. The van der Waals surface area contributed by atoms with Crippen molar-refractivity contribution in [2.45, 2.75) is 19.9 Å². The van der Waals surface area contributed by atoms with Crippen molar-refractivity contribution in [1.82, 2.24) is 20.0 Å². The van der Waals surface area contributed by atoms with E-state index in [9.17, 15) is 23.6 Å². The van der Waals surface area contributed by atoms with E-state index in [1.54, 1.807) is 37.3 Å². The van der Waals surface area contributed by atoms with Crippen LogP contribution >= 0.6 is 11.6 Å². The second-order valence-electron chi connectivity index (χ2n) is 7.35. The number of nitrogens with zero attached hydrogens (tertiary/aromatic N) is 2. The number of H-pyrrole nitrogens is 1. The zero-order chi connectivity index (χ0) is 25.0. The minimum Gasteiger partial charge on any atom is -0.465 e. The van der Waals surface area contributed by atoms with Crippen LogP contribution in [0.15, 0.2) is 41.3 Å². The van der Waals surface area contributed by atoms with Crippen molar-refractivity contribution in [2.75, 3.05) is 25.6 Å². The maximum Gasteiger partial charge on any atom is 0.327 e. The number of halogens is 2. The van der Waals surface area contributed by atoms with Gasteiger partial charge >= 0.3 is 5.97 Å². The Morgan fingerprint density at radius 3 is 2.68 bits per heavy atom. The van der Waals surface area contributed by atoms with Gasteiger partial charge < -0.3 is 20.0 Å². The number of ether oxygens (including phenoxy) is 1. The van der Waals surface area contributed by atoms with Gasteiger partial charge in [-0.1, -0.05) is 17.7 Å². The minimum absolute atomic E-state index is 0.0525. The summed E-state index contributed by atoms with van der Waals surface area (Å²) < 4.78 is 18.8. The van der Waals surface area contributed by atoms with E-state index in [1.165, 1.54) is 13.1 Å². The van der Waals surface area contributed by atoms with E-state index in [4.69, 9.17) is 22.1 Å². The predicted molar refractivity (Wildman–Crippen MR) is 125 cm³/mol. The van der Waals surface area contributed by atoms with Crippen LogP contribution < -0.4 is 16.7 Å². The van der Waals surface area contributed by atoms with E-state index >= 15 is 0 Å². The zero-order valence-electron chi connectivity index (χ0n) is 18.4. The van der Waals surface area contributed by atoms with Crippen LogP contribution in [0.2, 0.25) is 5.02 Å². The van der Waals surface area contributed by atoms with Crippen LogP contribution in [0.1, 0.15) is 19.9 Å². The number of aromatic nitrogens is 2. The first-order chi connectivity index (χ1) is 16.2. The van der Waals surface area contributed by atoms with Crippen molar-refractivity contribution < 1.29 is 23.5 Å². The number of esters is 1. The first-order valence-electron chi connectivity index (χ1n) is 10.3. The summed E-state index contributed by atoms with van der Waals surface area (Å²) in [5, 5.41) is 1.50. The fourth-order valence-electron chi connectivity index (χ4n) is 3.24. The SMILES string of the molecule is CCOC(=O)CN(NC(=O)C(C)n1ccc2cc(-c3ccc(N)c(Cl)c3)[nH]c2c1=O)C(=O)CF. The molecule has 10 nitrogen and oxygen atoms in total. The van der Waals surface area contributed by atoms with E-state index in [0.29, 0.717) is 32.4 Å². The second-order valence-corrected chi connectivity index (χ2v) is 7.76. The lowest BCUT2D eigenvalue weighted by molar-refractivity contribution is -0.153. The highest BCUT2D eigenvalue weighted by atomic mass is 35.5. The molecule has 2 amide bonds. The molecule has 0 bridgehead atoms. The molecule has 1 atom stereocenters. The molecule has 12 heteroatoms. The molecule has 0 radical (unpaired) electrons. The Morgan fingerprint density at radius 2 is 2.03 bits per heavy atom. The number of hydrogen-bond acceptors (Lipinski definition) is 6. The van der Waals surface area contributed by atoms with Crippen LogP contribution in [-0.2, 0) is 19.1 Å². The molecule has 2 heterocycles. The summed E-state index contributed by atoms with van der Waals surface area (Å²) in [6, 6.07) is 7.37. The summed E-state index contributed by atoms with van der Waals surface area (Å²) in [7, 11) is 0. The average Bonchev–Trinajstić information content (AvgIpc) is 3.25. The minimum atomic E-state index is -1.43. The Balaban J connectivity index is 1.87. The molecule has 0 fully saturated rings. The van der Waals surface area contributed by atoms with Crippen LogP contribution in [0.5, 0.6) is 0 Å². The number of amides is 2. The van der Waals surface area contributed by atoms with Gasteiger partial charge in [0.1, 0.15) is 18.1 Å². The molecule has 1 unspecified atom stereocenters. The van der Waals surface area contributed by atoms with Gasteiger partial charge in [0.15, 0.2) is 6.67 Å². The van der Waals surface area contributed by atoms with Gasteiger partial charge in [0.25, 0.3) is 17.4 Å². The first kappa shape index (κ1) is 24.8. The number of nitrogen functional groups attached to an aromatic ring is 1. The number of nitrogens with one attached hydrogen (secondary N) is 2. The topological polar surface area (TPSA) is 140 Å². The molecule has 2 aromatic heterocycles. The number of carbonyl (C=O) groups is 3. The molecular formula is C22H23ClFN5O5. The van der Waals surface area contributed by atoms with Gasteiger partial charge in [-0.05, 0) is 43.7 Å². The van der Waals surface area contributed by atoms with E-state index < -0.39 is 42.6 Å². The van der Waals surface area contributed by atoms with Crippen molar-refractivity contribution in [3.8, 4) is 11.3 Å². The summed E-state index contributed by atoms with van der Waals surface area (Å²) in [5.74, 6) is -2.75. The maximum absolute atomic E-state index is 13.1. The molecule has 0 aliphatic rings. The number of aromatic amines is 1. The molecule has 0 aliphatic heterocycles. The third kappa shape index (κ3) is 5.20. The molecular weight excluding hydrogens is 469 g/mol. The van der Waals surface area contributed by atoms with Gasteiger partial charge in [0, 0.05) is 17.3 Å². The van der Waals surface area contributed by atoms with Crippen LogP contribution in [0.25, 0.3) is 22.2 Å². The van der Waals surface area contributed by atoms with Gasteiger partial charge in [-0.25, -0.2) is 9.40 Å². The van der Waals surface area contributed by atoms with Crippen LogP contribution in [-0.4, -0.2) is 52.2 Å². The molecule has 0 aliphatic carbocycles. The number of nitrogens with two attached hydrogens (primary N) is 1. The molecule has 3 aromatic rings. The third-order valence-corrected chi connectivity index (χ3v) is 5.40. The fraction of sp³-hybridized carbons (Fsp3) is 0.273. The van der Waals surface area contributed by atoms with Gasteiger partial charge in [-0.15, -0.1) is 0 Å². The van der Waals surface area contributed by atoms with Gasteiger partial charge in [0.2, 0.25) is 0 Å². The second kappa shape index (κ2) is 10.4. The predicted octanol–water partition coefficient (Wildman–Crippen LogP) is 2.19. The van der Waals surface area contributed by atoms with Crippen molar-refractivity contribution in [1.29, 1.82) is 0 Å². The summed E-state index contributed by atoms with van der Waals surface area (Å²) >= 11 is 6.09. The Labute approximate surface area is 198 Å². The van der Waals surface area contributed by atoms with Crippen molar-refractivity contribution in [2.24, 2.45) is 0 Å². The van der Waals surface area contributed by atoms with Crippen LogP contribution in [0, 0.1) is 0 Å². The number of rotatable bonds is 7. The smallest absolute Gasteiger partial charge is 0.327 e. The standard InChI is InChI=1S/C22H23ClFN5O5/c1-3-34-19(31)11-29(18(30)10-24)27-21(32)12(2)28-7-6-14-9-17(26-20(14)22(28)33)13-4-5-16(25)15(23)8-13/h4-9,12,26H,3,10-11,25H2,1-2H3,(H,27,32). The largest absolute Gasteiger partial charge is 0.465 e. The van der Waals surface area contributed by atoms with E-state index in [-0.39, 0.29) is 12.1 Å². The number of alkyl halides is 1. The normalized spacial score (nSPS) is 11.8. The Kier molecular flexibility index (Phi) is 7.57. The van der Waals surface area contributed by atoms with Crippen LogP contribution in [0.3, 0.4) is 0 Å². The lowest BCUT2D eigenvalue weighted by Gasteiger charge is -2.24. The highest BCUT2D eigenvalue weighted by Crippen LogP contribution is 2.28.